The van der Waals surface area contributed by atoms with Gasteiger partial charge in [-0.15, -0.1) is 0 Å². The molecule has 6 atom stereocenters. The molecule has 0 unspecified atom stereocenters. The van der Waals surface area contributed by atoms with Gasteiger partial charge in [0.2, 0.25) is 11.6 Å². The topological polar surface area (TPSA) is 211 Å². The van der Waals surface area contributed by atoms with Gasteiger partial charge in [0.05, 0.1) is 29.9 Å². The molecule has 80 heavy (non-hydrogen) atoms. The first-order chi connectivity index (χ1) is 37.0. The van der Waals surface area contributed by atoms with E-state index in [4.69, 9.17) is 19.5 Å². The number of carbonyl (C=O) groups is 4. The summed E-state index contributed by atoms with van der Waals surface area (Å²) in [4.78, 5) is 75.2. The summed E-state index contributed by atoms with van der Waals surface area (Å²) in [6.07, 6.45) is -7.41. The van der Waals surface area contributed by atoms with Crippen LogP contribution in [0.1, 0.15) is 141 Å². The average Bonchev–Trinajstić information content (AvgIpc) is 4.30. The van der Waals surface area contributed by atoms with E-state index < -0.39 is 108 Å². The summed E-state index contributed by atoms with van der Waals surface area (Å²) in [7, 11) is -1.04. The Bertz CT molecular complexity index is 2870. The van der Waals surface area contributed by atoms with Gasteiger partial charge in [0.15, 0.2) is 23.2 Å². The molecule has 2 saturated heterocycles. The lowest BCUT2D eigenvalue weighted by Crippen LogP contribution is -2.47. The van der Waals surface area contributed by atoms with Crippen molar-refractivity contribution in [3.63, 3.8) is 0 Å². The summed E-state index contributed by atoms with van der Waals surface area (Å²) in [6.45, 7) is 13.0. The molecular weight excluding hydrogens is 1150 g/mol. The molecule has 4 aromatic rings. The van der Waals surface area contributed by atoms with E-state index in [-0.39, 0.29) is 94.3 Å². The van der Waals surface area contributed by atoms with Crippen molar-refractivity contribution >= 4 is 46.8 Å². The van der Waals surface area contributed by atoms with Crippen LogP contribution in [0.5, 0.6) is 0 Å². The molecule has 0 radical (unpaired) electrons. The number of ketones is 2. The van der Waals surface area contributed by atoms with Gasteiger partial charge in [-0.2, -0.15) is 26.3 Å². The largest absolute Gasteiger partial charge is 0.454 e. The summed E-state index contributed by atoms with van der Waals surface area (Å²) in [6, 6.07) is -1.09. The third-order valence-corrected chi connectivity index (χ3v) is 13.7. The highest BCUT2D eigenvalue weighted by Crippen LogP contribution is 2.43. The van der Waals surface area contributed by atoms with E-state index in [9.17, 15) is 58.7 Å². The number of nitrogens with zero attached hydrogens (tertiary/aromatic N) is 8. The SMILES string of the molecule is C[C@H]1[C@H](F)C[C@@H](C(=O)CCc2cc(-c3cnc(C(F)(F)F)nc3)c(F)c(Br)n2)N1C(=O)OC(C)(C)C.C[C@H]1[C@H](F)C[C@@H](C(=O)CCc2cc(-c3cnc(C(F)(F)F)nc3)c(F)c(C3CC3)n2)N1C(=O)OC(C)(C)C.OB(O)C1CC1. The Morgan fingerprint density at radius 1 is 0.637 bits per heavy atom. The fourth-order valence-corrected chi connectivity index (χ4v) is 9.11. The van der Waals surface area contributed by atoms with E-state index in [1.165, 1.54) is 26.0 Å². The average molecular weight is 1210 g/mol. The van der Waals surface area contributed by atoms with Crippen molar-refractivity contribution < 1.29 is 82.6 Å². The highest BCUT2D eigenvalue weighted by atomic mass is 79.9. The number of hydrogen-bond donors (Lipinski definition) is 2. The van der Waals surface area contributed by atoms with E-state index in [2.05, 4.69) is 45.8 Å². The first kappa shape index (κ1) is 63.3. The Balaban J connectivity index is 0.000000233. The molecule has 8 rings (SSSR count). The monoisotopic (exact) mass is 1200 g/mol. The second kappa shape index (κ2) is 25.1. The van der Waals surface area contributed by atoms with Gasteiger partial charge in [0, 0.05) is 90.0 Å². The smallest absolute Gasteiger partial charge is 0.444 e. The van der Waals surface area contributed by atoms with Crippen LogP contribution in [0.25, 0.3) is 22.3 Å². The zero-order valence-electron chi connectivity index (χ0n) is 44.8. The zero-order valence-corrected chi connectivity index (χ0v) is 46.4. The maximum atomic E-state index is 15.3. The predicted molar refractivity (Wildman–Crippen MR) is 272 cm³/mol. The maximum Gasteiger partial charge on any atom is 0.454 e. The van der Waals surface area contributed by atoms with Crippen LogP contribution in [0.2, 0.25) is 5.82 Å². The molecule has 4 aromatic heterocycles. The van der Waals surface area contributed by atoms with Crippen molar-refractivity contribution in [3.8, 4) is 22.3 Å². The lowest BCUT2D eigenvalue weighted by atomic mass is 9.84. The van der Waals surface area contributed by atoms with Gasteiger partial charge in [-0.3, -0.25) is 24.4 Å². The van der Waals surface area contributed by atoms with Gasteiger partial charge >= 0.3 is 31.7 Å². The number of alkyl halides is 8. The fourth-order valence-electron chi connectivity index (χ4n) is 8.67. The van der Waals surface area contributed by atoms with Gasteiger partial charge < -0.3 is 19.5 Å². The molecule has 0 bridgehead atoms. The number of ether oxygens (including phenoxy) is 2. The minimum Gasteiger partial charge on any atom is -0.444 e. The Labute approximate surface area is 463 Å². The third kappa shape index (κ3) is 16.6. The van der Waals surface area contributed by atoms with Gasteiger partial charge in [-0.25, -0.2) is 52.1 Å². The molecule has 2 saturated carbocycles. The van der Waals surface area contributed by atoms with Crippen LogP contribution < -0.4 is 0 Å². The van der Waals surface area contributed by atoms with Crippen molar-refractivity contribution in [3.05, 3.63) is 81.9 Å². The molecule has 436 valence electrons. The van der Waals surface area contributed by atoms with Gasteiger partial charge in [-0.1, -0.05) is 12.8 Å². The minimum atomic E-state index is -4.75. The molecule has 16 nitrogen and oxygen atoms in total. The Morgan fingerprint density at radius 3 is 1.34 bits per heavy atom. The summed E-state index contributed by atoms with van der Waals surface area (Å²) in [5, 5.41) is 16.5. The molecular formula is C52H60BBrF10N8O8. The van der Waals surface area contributed by atoms with Crippen LogP contribution in [-0.4, -0.2) is 128 Å². The standard InChI is InChI=1S/C26H29F5N4O3.C23H24BrF5N4O3.C3H7BO2/c1-13-18(27)10-19(35(13)24(37)38-25(2,3)4)20(36)8-7-16-9-17(21(28)22(34-16)14-5-6-14)15-11-32-23(33-12-15)26(29,30)31;1-11-15(25)8-16(33(11)21(35)36-22(2,3)4)17(34)6-5-13-7-14(18(26)19(24)32-13)12-9-30-20(31-10-12)23(27,28)29;5-4(6)3-1-2-3/h9,11-14,18-19H,5-8,10H2,1-4H3;7,9-11,15-16H,5-6,8H2,1-4H3;3,5-6H,1-2H2/t13-,18+,19-;11-,15+,16-;/m00./s1. The Kier molecular flexibility index (Phi) is 19.8. The number of halogens is 11. The molecule has 0 aromatic carbocycles. The van der Waals surface area contributed by atoms with Gasteiger partial charge in [0.25, 0.3) is 0 Å². The molecule has 0 spiro atoms. The van der Waals surface area contributed by atoms with Crippen LogP contribution in [0.3, 0.4) is 0 Å². The van der Waals surface area contributed by atoms with Crippen LogP contribution in [0.4, 0.5) is 53.5 Å². The molecule has 4 fully saturated rings. The molecule has 6 heterocycles. The quantitative estimate of drug-likeness (QED) is 0.0768. The summed E-state index contributed by atoms with van der Waals surface area (Å²) in [5.41, 5.74) is -0.963. The first-order valence-electron chi connectivity index (χ1n) is 25.6. The normalized spacial score (nSPS) is 21.3. The number of rotatable bonds is 12. The van der Waals surface area contributed by atoms with Crippen molar-refractivity contribution in [1.82, 2.24) is 39.7 Å². The van der Waals surface area contributed by atoms with Gasteiger partial charge in [-0.05, 0) is 115 Å². The number of Topliss-reactive ketones (excluding diaryl/α,β-unsaturated/α-hetero) is 2. The molecule has 2 N–H and O–H groups in total. The zero-order chi connectivity index (χ0) is 59.6. The van der Waals surface area contributed by atoms with E-state index in [1.807, 2.05) is 0 Å². The van der Waals surface area contributed by atoms with E-state index in [0.29, 0.717) is 5.69 Å². The summed E-state index contributed by atoms with van der Waals surface area (Å²) >= 11 is 2.98. The number of aromatic nitrogens is 6. The first-order valence-corrected chi connectivity index (χ1v) is 26.4. The van der Waals surface area contributed by atoms with E-state index >= 15 is 4.39 Å². The number of carbonyl (C=O) groups excluding carboxylic acids is 4. The second-order valence-electron chi connectivity index (χ2n) is 22.0. The number of amides is 2. The third-order valence-electron chi connectivity index (χ3n) is 13.1. The van der Waals surface area contributed by atoms with Crippen LogP contribution in [0.15, 0.2) is 41.5 Å². The molecule has 2 aliphatic heterocycles. The number of likely N-dealkylation sites (tertiary alicyclic amines) is 2. The van der Waals surface area contributed by atoms with Crippen molar-refractivity contribution in [2.24, 2.45) is 0 Å². The summed E-state index contributed by atoms with van der Waals surface area (Å²) in [5.74, 6) is -4.92. The van der Waals surface area contributed by atoms with Gasteiger partial charge in [0.1, 0.15) is 28.1 Å². The fraction of sp³-hybridized carbons (Fsp3) is 0.577. The van der Waals surface area contributed by atoms with Crippen LogP contribution >= 0.6 is 15.9 Å². The van der Waals surface area contributed by atoms with Crippen LogP contribution in [-0.2, 0) is 44.3 Å². The van der Waals surface area contributed by atoms with Crippen LogP contribution in [0, 0.1) is 11.6 Å². The minimum absolute atomic E-state index is 0.00762. The Hall–Kier alpha value is -5.90. The molecule has 28 heteroatoms. The predicted octanol–water partition coefficient (Wildman–Crippen LogP) is 11.1. The maximum absolute atomic E-state index is 15.3. The van der Waals surface area contributed by atoms with Crippen molar-refractivity contribution in [2.75, 3.05) is 0 Å². The molecule has 2 amide bonds. The van der Waals surface area contributed by atoms with Crippen molar-refractivity contribution in [1.29, 1.82) is 0 Å². The van der Waals surface area contributed by atoms with E-state index in [0.717, 1.165) is 60.3 Å². The van der Waals surface area contributed by atoms with E-state index in [1.54, 1.807) is 41.5 Å². The Morgan fingerprint density at radius 2 is 1.01 bits per heavy atom. The lowest BCUT2D eigenvalue weighted by Gasteiger charge is -2.30. The number of pyridine rings is 2. The molecule has 2 aliphatic carbocycles. The highest BCUT2D eigenvalue weighted by Gasteiger charge is 2.48. The number of aryl methyl sites for hydroxylation is 2. The lowest BCUT2D eigenvalue weighted by molar-refractivity contribution is -0.145. The van der Waals surface area contributed by atoms with Crippen molar-refractivity contribution in [2.45, 2.75) is 191 Å². The molecule has 4 aliphatic rings. The second-order valence-corrected chi connectivity index (χ2v) is 22.7. The summed E-state index contributed by atoms with van der Waals surface area (Å²) < 4.78 is 146. The number of hydrogen-bond acceptors (Lipinski definition) is 14. The highest BCUT2D eigenvalue weighted by molar-refractivity contribution is 9.10.